The number of rotatable bonds is 8. The molecule has 4 rings (SSSR count). The van der Waals surface area contributed by atoms with E-state index in [4.69, 9.17) is 28.3 Å². The molecular weight excluding hydrogens is 529 g/mol. The van der Waals surface area contributed by atoms with Gasteiger partial charge in [0, 0.05) is 22.5 Å². The molecule has 37 heavy (non-hydrogen) atoms. The van der Waals surface area contributed by atoms with Crippen molar-refractivity contribution in [2.24, 2.45) is 10.1 Å². The Labute approximate surface area is 228 Å². The maximum atomic E-state index is 13.3. The average Bonchev–Trinajstić information content (AvgIpc) is 3.32. The molecule has 1 aliphatic heterocycles. The molecule has 0 spiro atoms. The van der Waals surface area contributed by atoms with E-state index >= 15 is 0 Å². The molecule has 0 saturated heterocycles. The van der Waals surface area contributed by atoms with Crippen LogP contribution in [0.3, 0.4) is 0 Å². The van der Waals surface area contributed by atoms with Gasteiger partial charge in [-0.15, -0.1) is 0 Å². The summed E-state index contributed by atoms with van der Waals surface area (Å²) in [5.74, 6) is 0.0907. The van der Waals surface area contributed by atoms with Crippen molar-refractivity contribution in [3.63, 3.8) is 0 Å². The highest BCUT2D eigenvalue weighted by molar-refractivity contribution is 7.90. The van der Waals surface area contributed by atoms with Gasteiger partial charge in [-0.25, -0.2) is 18.1 Å². The van der Waals surface area contributed by atoms with Crippen molar-refractivity contribution in [1.29, 1.82) is 0 Å². The summed E-state index contributed by atoms with van der Waals surface area (Å²) in [5, 5.41) is 7.60. The average molecular weight is 559 g/mol. The minimum Gasteiger partial charge on any atom is -0.309 e. The molecule has 3 aromatic rings. The van der Waals surface area contributed by atoms with Gasteiger partial charge in [-0.1, -0.05) is 65.7 Å². The van der Waals surface area contributed by atoms with Crippen molar-refractivity contribution in [2.75, 3.05) is 33.7 Å². The van der Waals surface area contributed by atoms with Crippen LogP contribution in [0.4, 0.5) is 0 Å². The van der Waals surface area contributed by atoms with E-state index < -0.39 is 10.0 Å². The summed E-state index contributed by atoms with van der Waals surface area (Å²) in [6.45, 7) is 1.69. The predicted octanol–water partition coefficient (Wildman–Crippen LogP) is 5.08. The summed E-state index contributed by atoms with van der Waals surface area (Å²) in [6.07, 6.45) is 0.767. The Bertz CT molecular complexity index is 1360. The zero-order valence-electron chi connectivity index (χ0n) is 20.7. The van der Waals surface area contributed by atoms with E-state index in [-0.39, 0.29) is 16.8 Å². The molecule has 1 aliphatic rings. The fraction of sp³-hybridized carbons (Fsp3) is 0.259. The summed E-state index contributed by atoms with van der Waals surface area (Å²) < 4.78 is 29.2. The Hall–Kier alpha value is -2.91. The van der Waals surface area contributed by atoms with Crippen molar-refractivity contribution < 1.29 is 8.42 Å². The highest BCUT2D eigenvalue weighted by Crippen LogP contribution is 2.29. The number of sulfonamides is 1. The van der Waals surface area contributed by atoms with Crippen LogP contribution in [0.15, 0.2) is 93.9 Å². The molecule has 0 bridgehead atoms. The largest absolute Gasteiger partial charge is 0.309 e. The maximum Gasteiger partial charge on any atom is 0.264 e. The lowest BCUT2D eigenvalue weighted by Crippen LogP contribution is -2.41. The molecule has 3 aromatic carbocycles. The van der Waals surface area contributed by atoms with E-state index in [1.54, 1.807) is 17.1 Å². The quantitative estimate of drug-likeness (QED) is 0.238. The predicted molar refractivity (Wildman–Crippen MR) is 151 cm³/mol. The first-order valence-electron chi connectivity index (χ1n) is 11.9. The zero-order valence-corrected chi connectivity index (χ0v) is 23.0. The molecule has 0 aromatic heterocycles. The summed E-state index contributed by atoms with van der Waals surface area (Å²) >= 11 is 12.1. The third-order valence-corrected chi connectivity index (χ3v) is 7.72. The number of hydrogen-bond donors (Lipinski definition) is 1. The minimum atomic E-state index is -3.92. The lowest BCUT2D eigenvalue weighted by Gasteiger charge is -2.20. The molecule has 0 amide bonds. The molecule has 194 valence electrons. The molecule has 1 atom stereocenters. The number of hydrazone groups is 1. The smallest absolute Gasteiger partial charge is 0.264 e. The van der Waals surface area contributed by atoms with E-state index in [9.17, 15) is 8.42 Å². The molecule has 0 fully saturated rings. The first-order chi connectivity index (χ1) is 17.7. The second-order valence-electron chi connectivity index (χ2n) is 8.96. The number of hydrogen-bond acceptors (Lipinski definition) is 5. The van der Waals surface area contributed by atoms with E-state index in [0.717, 1.165) is 29.8 Å². The van der Waals surface area contributed by atoms with Crippen LogP contribution in [-0.4, -0.2) is 63.7 Å². The van der Waals surface area contributed by atoms with Crippen LogP contribution in [-0.2, 0) is 10.0 Å². The van der Waals surface area contributed by atoms with Gasteiger partial charge in [0.15, 0.2) is 0 Å². The normalized spacial score (nSPS) is 16.2. The van der Waals surface area contributed by atoms with Crippen molar-refractivity contribution in [3.05, 3.63) is 100 Å². The van der Waals surface area contributed by atoms with Gasteiger partial charge in [0.2, 0.25) is 5.96 Å². The van der Waals surface area contributed by atoms with E-state index in [2.05, 4.69) is 14.6 Å². The van der Waals surface area contributed by atoms with Gasteiger partial charge in [-0.2, -0.15) is 5.10 Å². The van der Waals surface area contributed by atoms with Crippen LogP contribution in [0.2, 0.25) is 10.0 Å². The van der Waals surface area contributed by atoms with Crippen LogP contribution in [0.1, 0.15) is 23.5 Å². The molecular formula is C27H29Cl2N5O2S. The summed E-state index contributed by atoms with van der Waals surface area (Å²) in [7, 11) is 0.0599. The third-order valence-electron chi connectivity index (χ3n) is 5.88. The highest BCUT2D eigenvalue weighted by atomic mass is 35.5. The number of halogens is 2. The summed E-state index contributed by atoms with van der Waals surface area (Å²) in [5.41, 5.74) is 2.80. The molecule has 0 aliphatic carbocycles. The first-order valence-corrected chi connectivity index (χ1v) is 14.1. The maximum absolute atomic E-state index is 13.3. The van der Waals surface area contributed by atoms with Crippen molar-refractivity contribution >= 4 is 44.9 Å². The molecule has 1 heterocycles. The van der Waals surface area contributed by atoms with Gasteiger partial charge in [-0.3, -0.25) is 4.99 Å². The SMILES string of the molecule is CN(C)CCCN=C(NS(=O)(=O)c1ccc(Cl)cc1)N1CC(c2ccccc2)C(c2ccc(Cl)cc2)=N1. The third kappa shape index (κ3) is 7.11. The van der Waals surface area contributed by atoms with Crippen molar-refractivity contribution in [3.8, 4) is 0 Å². The van der Waals surface area contributed by atoms with Crippen molar-refractivity contribution in [1.82, 2.24) is 14.6 Å². The first kappa shape index (κ1) is 27.1. The van der Waals surface area contributed by atoms with Gasteiger partial charge in [0.1, 0.15) is 0 Å². The Balaban J connectivity index is 1.70. The van der Waals surface area contributed by atoms with Crippen LogP contribution < -0.4 is 4.72 Å². The van der Waals surface area contributed by atoms with Crippen LogP contribution in [0.25, 0.3) is 0 Å². The topological polar surface area (TPSA) is 77.4 Å². The second-order valence-corrected chi connectivity index (χ2v) is 11.5. The minimum absolute atomic E-state index is 0.0885. The molecule has 0 saturated carbocycles. The fourth-order valence-corrected chi connectivity index (χ4v) is 5.27. The van der Waals surface area contributed by atoms with E-state index in [1.165, 1.54) is 12.1 Å². The fourth-order valence-electron chi connectivity index (χ4n) is 3.99. The standard InChI is InChI=1S/C27H29Cl2N5O2S/c1-33(2)18-6-17-30-27(32-37(35,36)24-15-13-23(29)14-16-24)34-19-25(20-7-4-3-5-8-20)26(31-34)21-9-11-22(28)12-10-21/h3-5,7-16,25H,6,17-19H2,1-2H3,(H,30,32). The van der Waals surface area contributed by atoms with Crippen LogP contribution in [0.5, 0.6) is 0 Å². The van der Waals surface area contributed by atoms with Gasteiger partial charge < -0.3 is 4.90 Å². The second kappa shape index (κ2) is 12.1. The van der Waals surface area contributed by atoms with Crippen LogP contribution in [0, 0.1) is 0 Å². The molecule has 1 unspecified atom stereocenters. The summed E-state index contributed by atoms with van der Waals surface area (Å²) in [4.78, 5) is 6.80. The number of nitrogens with zero attached hydrogens (tertiary/aromatic N) is 4. The zero-order chi connectivity index (χ0) is 26.4. The van der Waals surface area contributed by atoms with E-state index in [0.29, 0.717) is 23.1 Å². The van der Waals surface area contributed by atoms with Crippen LogP contribution >= 0.6 is 23.2 Å². The monoisotopic (exact) mass is 557 g/mol. The molecule has 7 nitrogen and oxygen atoms in total. The molecule has 1 N–H and O–H groups in total. The highest BCUT2D eigenvalue weighted by Gasteiger charge is 2.33. The molecule has 10 heteroatoms. The number of guanidine groups is 1. The van der Waals surface area contributed by atoms with Gasteiger partial charge >= 0.3 is 0 Å². The Kier molecular flexibility index (Phi) is 8.87. The number of benzene rings is 3. The lowest BCUT2D eigenvalue weighted by molar-refractivity contribution is 0.401. The Morgan fingerprint density at radius 3 is 2.24 bits per heavy atom. The number of aliphatic imine (C=N–C) groups is 1. The van der Waals surface area contributed by atoms with Gasteiger partial charge in [0.25, 0.3) is 10.0 Å². The molecule has 0 radical (unpaired) electrons. The number of nitrogens with one attached hydrogen (secondary N) is 1. The van der Waals surface area contributed by atoms with Gasteiger partial charge in [-0.05, 0) is 74.6 Å². The van der Waals surface area contributed by atoms with Crippen molar-refractivity contribution in [2.45, 2.75) is 17.2 Å². The van der Waals surface area contributed by atoms with E-state index in [1.807, 2.05) is 68.7 Å². The lowest BCUT2D eigenvalue weighted by atomic mass is 9.91. The summed E-state index contributed by atoms with van der Waals surface area (Å²) in [6, 6.07) is 23.5. The van der Waals surface area contributed by atoms with Gasteiger partial charge in [0.05, 0.1) is 17.2 Å². The Morgan fingerprint density at radius 2 is 1.62 bits per heavy atom. The Morgan fingerprint density at radius 1 is 1.00 bits per heavy atom.